The van der Waals surface area contributed by atoms with Gasteiger partial charge in [0.05, 0.1) is 13.2 Å². The standard InChI is InChI=1S/C32H42N2O4.CH2O3/c1-3-26-19-25(9-11-29(26)38-18-16-34-31(35)13-14-32(34)36)22-33(21-24-7-5-4-6-8-24)23(2)27-10-12-30-28(20-27)15-17-37-30;2-1(3)4/h9-12,19-20,23-24H,3-8,13-18,21-22H2,1-2H3;(H2,2,3,4). The summed E-state index contributed by atoms with van der Waals surface area (Å²) < 4.78 is 11.8. The smallest absolute Gasteiger partial charge is 0.493 e. The van der Waals surface area contributed by atoms with Crippen LogP contribution in [0.1, 0.15) is 87.1 Å². The first-order valence-corrected chi connectivity index (χ1v) is 15.2. The van der Waals surface area contributed by atoms with Crippen molar-refractivity contribution in [2.75, 3.05) is 26.3 Å². The number of carboxylic acid groups (broad SMARTS) is 2. The predicted octanol–water partition coefficient (Wildman–Crippen LogP) is 6.08. The second-order valence-electron chi connectivity index (χ2n) is 11.4. The molecule has 9 heteroatoms. The molecule has 42 heavy (non-hydrogen) atoms. The highest BCUT2D eigenvalue weighted by atomic mass is 16.6. The fraction of sp³-hybridized carbons (Fsp3) is 0.545. The van der Waals surface area contributed by atoms with E-state index in [2.05, 4.69) is 55.1 Å². The lowest BCUT2D eigenvalue weighted by atomic mass is 9.88. The number of nitrogens with zero attached hydrogens (tertiary/aromatic N) is 2. The number of likely N-dealkylation sites (tertiary alicyclic amines) is 1. The van der Waals surface area contributed by atoms with E-state index in [9.17, 15) is 9.59 Å². The van der Waals surface area contributed by atoms with E-state index in [1.165, 1.54) is 59.3 Å². The maximum absolute atomic E-state index is 11.9. The number of rotatable bonds is 11. The van der Waals surface area contributed by atoms with Crippen molar-refractivity contribution in [1.82, 2.24) is 9.80 Å². The molecule has 9 nitrogen and oxygen atoms in total. The molecular weight excluding hydrogens is 536 g/mol. The van der Waals surface area contributed by atoms with Gasteiger partial charge in [-0.05, 0) is 66.5 Å². The van der Waals surface area contributed by atoms with E-state index in [0.29, 0.717) is 32.0 Å². The molecule has 5 rings (SSSR count). The maximum Gasteiger partial charge on any atom is 0.503 e. The van der Waals surface area contributed by atoms with Gasteiger partial charge in [-0.15, -0.1) is 0 Å². The number of ether oxygens (including phenoxy) is 2. The molecule has 1 unspecified atom stereocenters. The van der Waals surface area contributed by atoms with Gasteiger partial charge in [-0.3, -0.25) is 19.4 Å². The Bertz CT molecular complexity index is 1220. The van der Waals surface area contributed by atoms with Crippen molar-refractivity contribution < 1.29 is 34.1 Å². The van der Waals surface area contributed by atoms with Gasteiger partial charge < -0.3 is 19.7 Å². The normalized spacial score (nSPS) is 17.5. The molecule has 0 bridgehead atoms. The van der Waals surface area contributed by atoms with Gasteiger partial charge in [-0.2, -0.15) is 0 Å². The van der Waals surface area contributed by atoms with Gasteiger partial charge in [-0.25, -0.2) is 4.79 Å². The predicted molar refractivity (Wildman–Crippen MR) is 159 cm³/mol. The summed E-state index contributed by atoms with van der Waals surface area (Å²) in [6.45, 7) is 7.95. The van der Waals surface area contributed by atoms with Crippen molar-refractivity contribution >= 4 is 18.0 Å². The van der Waals surface area contributed by atoms with Crippen LogP contribution in [0.15, 0.2) is 36.4 Å². The Morgan fingerprint density at radius 3 is 2.45 bits per heavy atom. The summed E-state index contributed by atoms with van der Waals surface area (Å²) in [5.41, 5.74) is 5.17. The van der Waals surface area contributed by atoms with E-state index < -0.39 is 6.16 Å². The van der Waals surface area contributed by atoms with Gasteiger partial charge in [0.1, 0.15) is 18.1 Å². The molecule has 1 saturated heterocycles. The molecule has 0 radical (unpaired) electrons. The van der Waals surface area contributed by atoms with Crippen LogP contribution in [-0.4, -0.2) is 64.3 Å². The lowest BCUT2D eigenvalue weighted by Gasteiger charge is -2.34. The summed E-state index contributed by atoms with van der Waals surface area (Å²) in [6.07, 6.45) is 7.41. The molecule has 2 N–H and O–H groups in total. The Labute approximate surface area is 248 Å². The molecule has 2 aromatic carbocycles. The Hall–Kier alpha value is -3.59. The molecular formula is C33H44N2O7. The summed E-state index contributed by atoms with van der Waals surface area (Å²) in [6, 6.07) is 13.6. The molecule has 2 aromatic rings. The van der Waals surface area contributed by atoms with Crippen LogP contribution in [0.4, 0.5) is 4.79 Å². The Balaban J connectivity index is 0.000000952. The Kier molecular flexibility index (Phi) is 11.2. The van der Waals surface area contributed by atoms with Crippen LogP contribution in [0.2, 0.25) is 0 Å². The summed E-state index contributed by atoms with van der Waals surface area (Å²) in [4.78, 5) is 36.3. The van der Waals surface area contributed by atoms with Gasteiger partial charge in [-0.1, -0.05) is 50.5 Å². The van der Waals surface area contributed by atoms with Gasteiger partial charge in [0.15, 0.2) is 0 Å². The number of benzene rings is 2. The van der Waals surface area contributed by atoms with Crippen molar-refractivity contribution in [3.05, 3.63) is 58.7 Å². The molecule has 1 aliphatic carbocycles. The zero-order valence-corrected chi connectivity index (χ0v) is 24.8. The summed E-state index contributed by atoms with van der Waals surface area (Å²) in [5.74, 6) is 2.47. The second kappa shape index (κ2) is 15.0. The van der Waals surface area contributed by atoms with Crippen molar-refractivity contribution in [2.45, 2.75) is 84.2 Å². The molecule has 0 spiro atoms. The number of carbonyl (C=O) groups is 3. The third-order valence-electron chi connectivity index (χ3n) is 8.58. The quantitative estimate of drug-likeness (QED) is 0.307. The first-order valence-electron chi connectivity index (χ1n) is 15.2. The molecule has 228 valence electrons. The van der Waals surface area contributed by atoms with E-state index in [1.54, 1.807) is 0 Å². The molecule has 1 atom stereocenters. The van der Waals surface area contributed by atoms with Crippen molar-refractivity contribution in [3.63, 3.8) is 0 Å². The minimum absolute atomic E-state index is 0.0901. The SMILES string of the molecule is CCc1cc(CN(CC2CCCCC2)C(C)c2ccc3c(c2)CCO3)ccc1OCCN1C(=O)CCC1=O.O=C(O)O. The van der Waals surface area contributed by atoms with Crippen LogP contribution in [0.3, 0.4) is 0 Å². The number of amides is 2. The second-order valence-corrected chi connectivity index (χ2v) is 11.4. The van der Waals surface area contributed by atoms with Crippen LogP contribution in [-0.2, 0) is 29.0 Å². The number of imide groups is 1. The third kappa shape index (κ3) is 8.47. The van der Waals surface area contributed by atoms with Crippen LogP contribution < -0.4 is 9.47 Å². The van der Waals surface area contributed by atoms with Crippen molar-refractivity contribution in [2.24, 2.45) is 5.92 Å². The molecule has 2 amide bonds. The monoisotopic (exact) mass is 580 g/mol. The number of fused-ring (bicyclic) bond motifs is 1. The first-order chi connectivity index (χ1) is 20.2. The number of hydrogen-bond acceptors (Lipinski definition) is 6. The van der Waals surface area contributed by atoms with E-state index in [0.717, 1.165) is 50.0 Å². The highest BCUT2D eigenvalue weighted by molar-refractivity contribution is 6.01. The average Bonchev–Trinajstić information content (AvgIpc) is 3.58. The van der Waals surface area contributed by atoms with Crippen LogP contribution >= 0.6 is 0 Å². The number of carbonyl (C=O) groups excluding carboxylic acids is 2. The lowest BCUT2D eigenvalue weighted by Crippen LogP contribution is -2.33. The molecule has 2 aliphatic heterocycles. The Morgan fingerprint density at radius 2 is 1.76 bits per heavy atom. The highest BCUT2D eigenvalue weighted by Gasteiger charge is 2.28. The van der Waals surface area contributed by atoms with Gasteiger partial charge in [0, 0.05) is 38.4 Å². The van der Waals surface area contributed by atoms with Crippen LogP contribution in [0, 0.1) is 5.92 Å². The zero-order valence-electron chi connectivity index (χ0n) is 24.8. The number of aryl methyl sites for hydroxylation is 1. The zero-order chi connectivity index (χ0) is 30.1. The number of hydrogen-bond donors (Lipinski definition) is 2. The van der Waals surface area contributed by atoms with E-state index >= 15 is 0 Å². The topological polar surface area (TPSA) is 117 Å². The van der Waals surface area contributed by atoms with E-state index in [4.69, 9.17) is 24.5 Å². The maximum atomic E-state index is 11.9. The molecule has 2 heterocycles. The molecule has 1 saturated carbocycles. The van der Waals surface area contributed by atoms with Gasteiger partial charge >= 0.3 is 6.16 Å². The minimum Gasteiger partial charge on any atom is -0.493 e. The third-order valence-corrected chi connectivity index (χ3v) is 8.58. The molecule has 3 aliphatic rings. The minimum atomic E-state index is -1.83. The lowest BCUT2D eigenvalue weighted by molar-refractivity contribution is -0.138. The fourth-order valence-electron chi connectivity index (χ4n) is 6.24. The first kappa shape index (κ1) is 31.3. The van der Waals surface area contributed by atoms with E-state index in [1.807, 2.05) is 0 Å². The van der Waals surface area contributed by atoms with Crippen LogP contribution in [0.25, 0.3) is 0 Å². The summed E-state index contributed by atoms with van der Waals surface area (Å²) >= 11 is 0. The van der Waals surface area contributed by atoms with Gasteiger partial charge in [0.2, 0.25) is 11.8 Å². The van der Waals surface area contributed by atoms with Crippen molar-refractivity contribution in [1.29, 1.82) is 0 Å². The largest absolute Gasteiger partial charge is 0.503 e. The molecule has 0 aromatic heterocycles. The average molecular weight is 581 g/mol. The summed E-state index contributed by atoms with van der Waals surface area (Å²) in [5, 5.41) is 13.9. The van der Waals surface area contributed by atoms with Crippen molar-refractivity contribution in [3.8, 4) is 11.5 Å². The van der Waals surface area contributed by atoms with Gasteiger partial charge in [0.25, 0.3) is 0 Å². The molecule has 2 fully saturated rings. The Morgan fingerprint density at radius 1 is 1.05 bits per heavy atom. The highest BCUT2D eigenvalue weighted by Crippen LogP contribution is 2.33. The van der Waals surface area contributed by atoms with Crippen LogP contribution in [0.5, 0.6) is 11.5 Å². The fourth-order valence-corrected chi connectivity index (χ4v) is 6.24. The van der Waals surface area contributed by atoms with E-state index in [-0.39, 0.29) is 11.8 Å². The summed E-state index contributed by atoms with van der Waals surface area (Å²) in [7, 11) is 0.